The third-order valence-electron chi connectivity index (χ3n) is 3.03. The van der Waals surface area contributed by atoms with E-state index in [1.807, 2.05) is 14.0 Å². The Morgan fingerprint density at radius 3 is 3.00 bits per heavy atom. The van der Waals surface area contributed by atoms with Crippen molar-refractivity contribution in [2.45, 2.75) is 13.5 Å². The van der Waals surface area contributed by atoms with Gasteiger partial charge in [0.1, 0.15) is 5.82 Å². The zero-order valence-corrected chi connectivity index (χ0v) is 14.1. The van der Waals surface area contributed by atoms with Crippen LogP contribution in [0, 0.1) is 0 Å². The number of aromatic amines is 1. The Morgan fingerprint density at radius 1 is 1.43 bits per heavy atom. The molecule has 0 fully saturated rings. The standard InChI is InChI=1S/C13H15BrN6S/c1-3-15-13-17-11-9(5-16-19-11)12(18-13)20(2)6-8-4-10(14)21-7-8/h4-5,7H,3,6H2,1-2H3,(H2,15,16,17,18,19). The van der Waals surface area contributed by atoms with Crippen molar-refractivity contribution >= 4 is 50.1 Å². The number of anilines is 2. The van der Waals surface area contributed by atoms with E-state index >= 15 is 0 Å². The summed E-state index contributed by atoms with van der Waals surface area (Å²) in [4.78, 5) is 11.1. The smallest absolute Gasteiger partial charge is 0.226 e. The van der Waals surface area contributed by atoms with Gasteiger partial charge in [0.05, 0.1) is 15.4 Å². The fraction of sp³-hybridized carbons (Fsp3) is 0.308. The van der Waals surface area contributed by atoms with Crippen LogP contribution in [-0.2, 0) is 6.54 Å². The lowest BCUT2D eigenvalue weighted by Crippen LogP contribution is -2.18. The number of hydrogen-bond donors (Lipinski definition) is 2. The van der Waals surface area contributed by atoms with Crippen molar-refractivity contribution < 1.29 is 0 Å². The molecular formula is C13H15BrN6S. The van der Waals surface area contributed by atoms with Crippen molar-refractivity contribution in [1.29, 1.82) is 0 Å². The van der Waals surface area contributed by atoms with Gasteiger partial charge in [0, 0.05) is 20.1 Å². The van der Waals surface area contributed by atoms with Crippen LogP contribution in [0.5, 0.6) is 0 Å². The number of nitrogens with zero attached hydrogens (tertiary/aromatic N) is 4. The molecule has 0 atom stereocenters. The largest absolute Gasteiger partial charge is 0.355 e. The van der Waals surface area contributed by atoms with Gasteiger partial charge in [0.15, 0.2) is 5.65 Å². The molecule has 3 aromatic rings. The molecule has 3 rings (SSSR count). The summed E-state index contributed by atoms with van der Waals surface area (Å²) >= 11 is 5.18. The van der Waals surface area contributed by atoms with Crippen molar-refractivity contribution in [3.63, 3.8) is 0 Å². The molecule has 0 amide bonds. The molecule has 0 aliphatic carbocycles. The molecule has 0 radical (unpaired) electrons. The van der Waals surface area contributed by atoms with Crippen molar-refractivity contribution in [2.75, 3.05) is 23.8 Å². The quantitative estimate of drug-likeness (QED) is 0.725. The highest BCUT2D eigenvalue weighted by atomic mass is 79.9. The fourth-order valence-corrected chi connectivity index (χ4v) is 3.33. The third kappa shape index (κ3) is 3.01. The summed E-state index contributed by atoms with van der Waals surface area (Å²) in [5.74, 6) is 1.48. The van der Waals surface area contributed by atoms with Crippen LogP contribution in [0.1, 0.15) is 12.5 Å². The number of halogens is 1. The first kappa shape index (κ1) is 14.3. The van der Waals surface area contributed by atoms with Crippen LogP contribution in [0.15, 0.2) is 21.4 Å². The minimum atomic E-state index is 0.614. The molecule has 0 aromatic carbocycles. The number of hydrogen-bond acceptors (Lipinski definition) is 6. The molecule has 2 N–H and O–H groups in total. The van der Waals surface area contributed by atoms with E-state index in [4.69, 9.17) is 0 Å². The van der Waals surface area contributed by atoms with Crippen LogP contribution in [0.25, 0.3) is 11.0 Å². The van der Waals surface area contributed by atoms with Gasteiger partial charge in [-0.15, -0.1) is 11.3 Å². The molecule has 110 valence electrons. The molecule has 3 aromatic heterocycles. The Balaban J connectivity index is 1.95. The average molecular weight is 367 g/mol. The molecule has 0 unspecified atom stereocenters. The Kier molecular flexibility index (Phi) is 4.07. The summed E-state index contributed by atoms with van der Waals surface area (Å²) in [5, 5.41) is 13.2. The number of rotatable bonds is 5. The summed E-state index contributed by atoms with van der Waals surface area (Å²) < 4.78 is 1.13. The van der Waals surface area contributed by atoms with Crippen LogP contribution >= 0.6 is 27.3 Å². The monoisotopic (exact) mass is 366 g/mol. The third-order valence-corrected chi connectivity index (χ3v) is 4.58. The minimum Gasteiger partial charge on any atom is -0.355 e. The molecule has 0 bridgehead atoms. The summed E-state index contributed by atoms with van der Waals surface area (Å²) in [6.45, 7) is 3.58. The summed E-state index contributed by atoms with van der Waals surface area (Å²) in [7, 11) is 2.02. The second-order valence-corrected chi connectivity index (χ2v) is 6.94. The van der Waals surface area contributed by atoms with Crippen LogP contribution in [-0.4, -0.2) is 33.8 Å². The maximum absolute atomic E-state index is 4.60. The van der Waals surface area contributed by atoms with E-state index in [1.54, 1.807) is 17.5 Å². The van der Waals surface area contributed by atoms with E-state index in [2.05, 4.69) is 57.8 Å². The average Bonchev–Trinajstić information content (AvgIpc) is 3.07. The van der Waals surface area contributed by atoms with E-state index in [0.29, 0.717) is 5.95 Å². The van der Waals surface area contributed by atoms with Crippen molar-refractivity contribution in [1.82, 2.24) is 20.2 Å². The number of nitrogens with one attached hydrogen (secondary N) is 2. The van der Waals surface area contributed by atoms with Gasteiger partial charge < -0.3 is 10.2 Å². The van der Waals surface area contributed by atoms with Crippen LogP contribution in [0.3, 0.4) is 0 Å². The van der Waals surface area contributed by atoms with Gasteiger partial charge in [0.2, 0.25) is 5.95 Å². The molecule has 21 heavy (non-hydrogen) atoms. The van der Waals surface area contributed by atoms with E-state index in [9.17, 15) is 0 Å². The van der Waals surface area contributed by atoms with Gasteiger partial charge in [-0.25, -0.2) is 0 Å². The highest BCUT2D eigenvalue weighted by Crippen LogP contribution is 2.26. The molecule has 3 heterocycles. The molecule has 0 saturated carbocycles. The van der Waals surface area contributed by atoms with Gasteiger partial charge >= 0.3 is 0 Å². The summed E-state index contributed by atoms with van der Waals surface area (Å²) in [6, 6.07) is 2.13. The first-order valence-corrected chi connectivity index (χ1v) is 8.23. The Bertz CT molecular complexity index is 752. The number of fused-ring (bicyclic) bond motifs is 1. The zero-order chi connectivity index (χ0) is 14.8. The molecule has 0 saturated heterocycles. The van der Waals surface area contributed by atoms with E-state index in [0.717, 1.165) is 33.7 Å². The number of thiophene rings is 1. The molecule has 6 nitrogen and oxygen atoms in total. The molecular weight excluding hydrogens is 352 g/mol. The second kappa shape index (κ2) is 5.98. The van der Waals surface area contributed by atoms with Gasteiger partial charge in [-0.3, -0.25) is 5.10 Å². The van der Waals surface area contributed by atoms with Crippen molar-refractivity contribution in [3.05, 3.63) is 27.0 Å². The fourth-order valence-electron chi connectivity index (χ4n) is 2.13. The number of H-pyrrole nitrogens is 1. The van der Waals surface area contributed by atoms with E-state index < -0.39 is 0 Å². The predicted molar refractivity (Wildman–Crippen MR) is 90.0 cm³/mol. The predicted octanol–water partition coefficient (Wildman–Crippen LogP) is 3.25. The first-order chi connectivity index (χ1) is 10.2. The van der Waals surface area contributed by atoms with Gasteiger partial charge in [-0.2, -0.15) is 15.1 Å². The van der Waals surface area contributed by atoms with E-state index in [1.165, 1.54) is 5.56 Å². The second-order valence-electron chi connectivity index (χ2n) is 4.65. The Hall–Kier alpha value is -1.67. The topological polar surface area (TPSA) is 69.7 Å². The van der Waals surface area contributed by atoms with Crippen LogP contribution in [0.2, 0.25) is 0 Å². The van der Waals surface area contributed by atoms with E-state index in [-0.39, 0.29) is 0 Å². The highest BCUT2D eigenvalue weighted by Gasteiger charge is 2.13. The highest BCUT2D eigenvalue weighted by molar-refractivity contribution is 9.11. The van der Waals surface area contributed by atoms with Crippen LogP contribution in [0.4, 0.5) is 11.8 Å². The van der Waals surface area contributed by atoms with Crippen molar-refractivity contribution in [3.8, 4) is 0 Å². The molecule has 0 aliphatic heterocycles. The molecule has 0 aliphatic rings. The summed E-state index contributed by atoms with van der Waals surface area (Å²) in [6.07, 6.45) is 1.76. The maximum Gasteiger partial charge on any atom is 0.226 e. The van der Waals surface area contributed by atoms with Crippen molar-refractivity contribution in [2.24, 2.45) is 0 Å². The van der Waals surface area contributed by atoms with Gasteiger partial charge in [-0.05, 0) is 39.9 Å². The number of aromatic nitrogens is 4. The minimum absolute atomic E-state index is 0.614. The zero-order valence-electron chi connectivity index (χ0n) is 11.7. The normalized spacial score (nSPS) is 11.0. The molecule has 0 spiro atoms. The van der Waals surface area contributed by atoms with Crippen LogP contribution < -0.4 is 10.2 Å². The van der Waals surface area contributed by atoms with Gasteiger partial charge in [-0.1, -0.05) is 0 Å². The molecule has 8 heteroatoms. The van der Waals surface area contributed by atoms with Gasteiger partial charge in [0.25, 0.3) is 0 Å². The lowest BCUT2D eigenvalue weighted by atomic mass is 10.3. The lowest BCUT2D eigenvalue weighted by molar-refractivity contribution is 0.902. The SMILES string of the molecule is CCNc1nc(N(C)Cc2csc(Br)c2)c2cn[nH]c2n1. The Morgan fingerprint density at radius 2 is 2.29 bits per heavy atom. The lowest BCUT2D eigenvalue weighted by Gasteiger charge is -2.18. The Labute approximate surface area is 134 Å². The first-order valence-electron chi connectivity index (χ1n) is 6.56. The summed E-state index contributed by atoms with van der Waals surface area (Å²) in [5.41, 5.74) is 1.99. The maximum atomic E-state index is 4.60.